The Kier molecular flexibility index (Phi) is 5.79. The monoisotopic (exact) mass is 268 g/mol. The Bertz CT molecular complexity index is 366. The van der Waals surface area contributed by atoms with Crippen LogP contribution in [-0.4, -0.2) is 21.8 Å². The van der Waals surface area contributed by atoms with Crippen LogP contribution in [-0.2, 0) is 6.54 Å². The van der Waals surface area contributed by atoms with Crippen LogP contribution < -0.4 is 10.6 Å². The van der Waals surface area contributed by atoms with Crippen molar-refractivity contribution in [3.8, 4) is 0 Å². The van der Waals surface area contributed by atoms with Gasteiger partial charge in [0.15, 0.2) is 0 Å². The summed E-state index contributed by atoms with van der Waals surface area (Å²) in [6, 6.07) is 0.865. The molecule has 0 aromatic carbocycles. The van der Waals surface area contributed by atoms with Crippen LogP contribution in [0.3, 0.4) is 0 Å². The molecule has 0 saturated heterocycles. The van der Waals surface area contributed by atoms with Crippen molar-refractivity contribution in [2.75, 3.05) is 5.32 Å². The second kappa shape index (κ2) is 6.89. The SMILES string of the molecule is CCC(CC)C(C)Nc1nnc(CNC(C)(C)C)o1. The Morgan fingerprint density at radius 1 is 1.16 bits per heavy atom. The Morgan fingerprint density at radius 3 is 2.32 bits per heavy atom. The van der Waals surface area contributed by atoms with Gasteiger partial charge in [-0.3, -0.25) is 0 Å². The molecule has 1 atom stereocenters. The molecule has 0 fully saturated rings. The van der Waals surface area contributed by atoms with Crippen LogP contribution >= 0.6 is 0 Å². The highest BCUT2D eigenvalue weighted by atomic mass is 16.4. The molecule has 0 saturated carbocycles. The molecular formula is C14H28N4O. The zero-order valence-corrected chi connectivity index (χ0v) is 13.1. The van der Waals surface area contributed by atoms with E-state index in [-0.39, 0.29) is 5.54 Å². The number of nitrogens with one attached hydrogen (secondary N) is 2. The van der Waals surface area contributed by atoms with Gasteiger partial charge in [0.2, 0.25) is 5.89 Å². The van der Waals surface area contributed by atoms with Crippen molar-refractivity contribution in [3.63, 3.8) is 0 Å². The van der Waals surface area contributed by atoms with Gasteiger partial charge in [0.25, 0.3) is 0 Å². The minimum Gasteiger partial charge on any atom is -0.407 e. The van der Waals surface area contributed by atoms with Gasteiger partial charge in [0.05, 0.1) is 6.54 Å². The van der Waals surface area contributed by atoms with E-state index in [1.807, 2.05) is 0 Å². The zero-order chi connectivity index (χ0) is 14.5. The van der Waals surface area contributed by atoms with Crippen LogP contribution in [0, 0.1) is 5.92 Å². The van der Waals surface area contributed by atoms with Crippen LogP contribution in [0.2, 0.25) is 0 Å². The topological polar surface area (TPSA) is 63.0 Å². The Morgan fingerprint density at radius 2 is 1.79 bits per heavy atom. The van der Waals surface area contributed by atoms with Crippen LogP contribution in [0.25, 0.3) is 0 Å². The number of aromatic nitrogens is 2. The normalized spacial score (nSPS) is 13.8. The van der Waals surface area contributed by atoms with E-state index in [2.05, 4.69) is 62.4 Å². The fraction of sp³-hybridized carbons (Fsp3) is 0.857. The van der Waals surface area contributed by atoms with Crippen molar-refractivity contribution < 1.29 is 4.42 Å². The molecule has 0 aliphatic carbocycles. The van der Waals surface area contributed by atoms with Gasteiger partial charge in [-0.1, -0.05) is 31.8 Å². The van der Waals surface area contributed by atoms with E-state index in [0.29, 0.717) is 30.4 Å². The van der Waals surface area contributed by atoms with Gasteiger partial charge >= 0.3 is 6.01 Å². The highest BCUT2D eigenvalue weighted by Crippen LogP contribution is 2.17. The molecule has 19 heavy (non-hydrogen) atoms. The van der Waals surface area contributed by atoms with Crippen LogP contribution in [0.15, 0.2) is 4.42 Å². The molecule has 0 radical (unpaired) electrons. The van der Waals surface area contributed by atoms with Crippen LogP contribution in [0.4, 0.5) is 6.01 Å². The molecule has 5 nitrogen and oxygen atoms in total. The Hall–Kier alpha value is -1.10. The fourth-order valence-corrected chi connectivity index (χ4v) is 2.03. The lowest BCUT2D eigenvalue weighted by atomic mass is 9.96. The van der Waals surface area contributed by atoms with Gasteiger partial charge in [-0.2, -0.15) is 0 Å². The molecule has 0 aliphatic heterocycles. The molecular weight excluding hydrogens is 240 g/mol. The minimum absolute atomic E-state index is 0.0465. The number of anilines is 1. The van der Waals surface area contributed by atoms with Gasteiger partial charge in [-0.15, -0.1) is 5.10 Å². The summed E-state index contributed by atoms with van der Waals surface area (Å²) >= 11 is 0. The predicted molar refractivity (Wildman–Crippen MR) is 78.0 cm³/mol. The van der Waals surface area contributed by atoms with Crippen molar-refractivity contribution in [1.82, 2.24) is 15.5 Å². The summed E-state index contributed by atoms with van der Waals surface area (Å²) in [5.74, 6) is 1.25. The summed E-state index contributed by atoms with van der Waals surface area (Å²) in [7, 11) is 0. The molecule has 1 aromatic rings. The minimum atomic E-state index is 0.0465. The van der Waals surface area contributed by atoms with E-state index in [9.17, 15) is 0 Å². The van der Waals surface area contributed by atoms with Crippen molar-refractivity contribution in [1.29, 1.82) is 0 Å². The Balaban J connectivity index is 2.50. The van der Waals surface area contributed by atoms with Crippen molar-refractivity contribution in [2.45, 2.75) is 72.5 Å². The number of hydrogen-bond acceptors (Lipinski definition) is 5. The molecule has 5 heteroatoms. The predicted octanol–water partition coefficient (Wildman–Crippen LogP) is 3.19. The smallest absolute Gasteiger partial charge is 0.315 e. The summed E-state index contributed by atoms with van der Waals surface area (Å²) in [5.41, 5.74) is 0.0465. The van der Waals surface area contributed by atoms with Gasteiger partial charge in [-0.25, -0.2) is 0 Å². The molecule has 1 rings (SSSR count). The zero-order valence-electron chi connectivity index (χ0n) is 13.1. The van der Waals surface area contributed by atoms with Gasteiger partial charge in [0.1, 0.15) is 0 Å². The molecule has 1 aromatic heterocycles. The molecule has 0 bridgehead atoms. The van der Waals surface area contributed by atoms with Crippen molar-refractivity contribution >= 4 is 6.01 Å². The average molecular weight is 268 g/mol. The first kappa shape index (κ1) is 16.0. The molecule has 1 unspecified atom stereocenters. The lowest BCUT2D eigenvalue weighted by Crippen LogP contribution is -2.35. The fourth-order valence-electron chi connectivity index (χ4n) is 2.03. The van der Waals surface area contributed by atoms with E-state index in [1.165, 1.54) is 0 Å². The number of hydrogen-bond donors (Lipinski definition) is 2. The summed E-state index contributed by atoms with van der Waals surface area (Å²) in [5, 5.41) is 14.7. The second-order valence-electron chi connectivity index (χ2n) is 6.11. The first-order valence-electron chi connectivity index (χ1n) is 7.19. The third-order valence-electron chi connectivity index (χ3n) is 3.34. The van der Waals surface area contributed by atoms with Crippen LogP contribution in [0.5, 0.6) is 0 Å². The largest absolute Gasteiger partial charge is 0.407 e. The lowest BCUT2D eigenvalue weighted by Gasteiger charge is -2.21. The third-order valence-corrected chi connectivity index (χ3v) is 3.34. The Labute approximate surface area is 116 Å². The maximum absolute atomic E-state index is 5.59. The van der Waals surface area contributed by atoms with Gasteiger partial charge in [0, 0.05) is 11.6 Å². The molecule has 0 aliphatic rings. The molecule has 2 N–H and O–H groups in total. The number of nitrogens with zero attached hydrogens (tertiary/aromatic N) is 2. The molecule has 110 valence electrons. The summed E-state index contributed by atoms with van der Waals surface area (Å²) < 4.78 is 5.59. The lowest BCUT2D eigenvalue weighted by molar-refractivity contribution is 0.379. The maximum Gasteiger partial charge on any atom is 0.315 e. The van der Waals surface area contributed by atoms with E-state index < -0.39 is 0 Å². The van der Waals surface area contributed by atoms with Crippen molar-refractivity contribution in [2.24, 2.45) is 5.92 Å². The summed E-state index contributed by atoms with van der Waals surface area (Å²) in [6.07, 6.45) is 2.30. The molecule has 1 heterocycles. The quantitative estimate of drug-likeness (QED) is 0.795. The summed E-state index contributed by atoms with van der Waals surface area (Å²) in [4.78, 5) is 0. The van der Waals surface area contributed by atoms with E-state index >= 15 is 0 Å². The standard InChI is InChI=1S/C14H28N4O/c1-7-11(8-2)10(3)16-13-18-17-12(19-13)9-15-14(4,5)6/h10-11,15H,7-9H2,1-6H3,(H,16,18). The first-order chi connectivity index (χ1) is 8.85. The number of rotatable bonds is 7. The first-order valence-corrected chi connectivity index (χ1v) is 7.19. The average Bonchev–Trinajstić information content (AvgIpc) is 2.75. The summed E-state index contributed by atoms with van der Waals surface area (Å²) in [6.45, 7) is 13.5. The van der Waals surface area contributed by atoms with Gasteiger partial charge in [-0.05, 0) is 33.6 Å². The molecule has 0 amide bonds. The van der Waals surface area contributed by atoms with E-state index in [1.54, 1.807) is 0 Å². The molecule has 0 spiro atoms. The maximum atomic E-state index is 5.59. The third kappa shape index (κ3) is 5.59. The van der Waals surface area contributed by atoms with Crippen molar-refractivity contribution in [3.05, 3.63) is 5.89 Å². The van der Waals surface area contributed by atoms with E-state index in [4.69, 9.17) is 4.42 Å². The highest BCUT2D eigenvalue weighted by molar-refractivity contribution is 5.19. The van der Waals surface area contributed by atoms with Gasteiger partial charge < -0.3 is 15.1 Å². The van der Waals surface area contributed by atoms with E-state index in [0.717, 1.165) is 12.8 Å². The second-order valence-corrected chi connectivity index (χ2v) is 6.11. The highest BCUT2D eigenvalue weighted by Gasteiger charge is 2.17. The van der Waals surface area contributed by atoms with Crippen LogP contribution in [0.1, 0.15) is 60.3 Å².